The molecule has 29 heavy (non-hydrogen) atoms. The molecule has 1 N–H and O–H groups in total. The van der Waals surface area contributed by atoms with Crippen LogP contribution in [-0.2, 0) is 16.1 Å². The topological polar surface area (TPSA) is 97.0 Å². The molecule has 1 amide bonds. The first kappa shape index (κ1) is 19.8. The number of esters is 1. The predicted molar refractivity (Wildman–Crippen MR) is 106 cm³/mol. The van der Waals surface area contributed by atoms with E-state index < -0.39 is 12.0 Å². The number of amides is 1. The van der Waals surface area contributed by atoms with Gasteiger partial charge in [0.05, 0.1) is 17.1 Å². The summed E-state index contributed by atoms with van der Waals surface area (Å²) in [6.07, 6.45) is 0. The van der Waals surface area contributed by atoms with E-state index in [0.717, 1.165) is 5.69 Å². The standard InChI is InChI=1S/C22H20N4O3/c1-15-19(13-23)20(26(25-15)18-11-7-4-8-12-18)14-29-22(28)16(2)24-21(27)17-9-5-3-6-10-17/h3-12,16H,14H2,1-2H3,(H,24,27)/t16-/m0/s1. The number of hydrogen-bond acceptors (Lipinski definition) is 5. The number of nitriles is 1. The van der Waals surface area contributed by atoms with Crippen molar-refractivity contribution < 1.29 is 14.3 Å². The zero-order valence-corrected chi connectivity index (χ0v) is 16.1. The molecule has 0 aliphatic heterocycles. The molecule has 7 nitrogen and oxygen atoms in total. The molecule has 1 heterocycles. The van der Waals surface area contributed by atoms with Gasteiger partial charge >= 0.3 is 5.97 Å². The van der Waals surface area contributed by atoms with Gasteiger partial charge in [0.1, 0.15) is 24.3 Å². The van der Waals surface area contributed by atoms with E-state index in [2.05, 4.69) is 16.5 Å². The highest BCUT2D eigenvalue weighted by Gasteiger charge is 2.21. The number of para-hydroxylation sites is 1. The van der Waals surface area contributed by atoms with Crippen LogP contribution in [0.25, 0.3) is 5.69 Å². The second-order valence-corrected chi connectivity index (χ2v) is 6.44. The maximum Gasteiger partial charge on any atom is 0.328 e. The molecule has 3 aromatic rings. The minimum absolute atomic E-state index is 0.136. The molecular formula is C22H20N4O3. The molecule has 0 spiro atoms. The van der Waals surface area contributed by atoms with E-state index in [1.165, 1.54) is 0 Å². The zero-order chi connectivity index (χ0) is 20.8. The Morgan fingerprint density at radius 3 is 2.38 bits per heavy atom. The molecule has 0 saturated heterocycles. The molecular weight excluding hydrogens is 368 g/mol. The van der Waals surface area contributed by atoms with Crippen molar-refractivity contribution in [3.63, 3.8) is 0 Å². The van der Waals surface area contributed by atoms with E-state index in [0.29, 0.717) is 22.5 Å². The van der Waals surface area contributed by atoms with E-state index in [-0.39, 0.29) is 12.5 Å². The number of ether oxygens (including phenoxy) is 1. The maximum absolute atomic E-state index is 12.4. The first-order valence-electron chi connectivity index (χ1n) is 9.08. The Morgan fingerprint density at radius 2 is 1.76 bits per heavy atom. The van der Waals surface area contributed by atoms with Crippen molar-refractivity contribution in [2.75, 3.05) is 0 Å². The fourth-order valence-electron chi connectivity index (χ4n) is 2.83. The van der Waals surface area contributed by atoms with Crippen molar-refractivity contribution in [1.82, 2.24) is 15.1 Å². The highest BCUT2D eigenvalue weighted by molar-refractivity contribution is 5.96. The molecule has 7 heteroatoms. The summed E-state index contributed by atoms with van der Waals surface area (Å²) in [5.41, 5.74) is 2.60. The largest absolute Gasteiger partial charge is 0.458 e. The Hall–Kier alpha value is -3.92. The summed E-state index contributed by atoms with van der Waals surface area (Å²) in [4.78, 5) is 24.6. The molecule has 0 fully saturated rings. The average molecular weight is 388 g/mol. The van der Waals surface area contributed by atoms with Gasteiger partial charge < -0.3 is 10.1 Å². The van der Waals surface area contributed by atoms with Crippen LogP contribution in [0.3, 0.4) is 0 Å². The van der Waals surface area contributed by atoms with E-state index in [1.807, 2.05) is 30.3 Å². The number of rotatable bonds is 6. The molecule has 1 aromatic heterocycles. The Morgan fingerprint density at radius 1 is 1.14 bits per heavy atom. The Bertz CT molecular complexity index is 1050. The maximum atomic E-state index is 12.4. The molecule has 1 atom stereocenters. The van der Waals surface area contributed by atoms with Gasteiger partial charge in [-0.05, 0) is 38.1 Å². The van der Waals surface area contributed by atoms with E-state index in [9.17, 15) is 14.9 Å². The van der Waals surface area contributed by atoms with Crippen LogP contribution in [0, 0.1) is 18.3 Å². The third kappa shape index (κ3) is 4.50. The number of nitrogens with one attached hydrogen (secondary N) is 1. The summed E-state index contributed by atoms with van der Waals surface area (Å²) in [7, 11) is 0. The van der Waals surface area contributed by atoms with Crippen LogP contribution in [0.15, 0.2) is 60.7 Å². The van der Waals surface area contributed by atoms with Crippen LogP contribution in [0.2, 0.25) is 0 Å². The van der Waals surface area contributed by atoms with Crippen LogP contribution >= 0.6 is 0 Å². The summed E-state index contributed by atoms with van der Waals surface area (Å²) >= 11 is 0. The lowest BCUT2D eigenvalue weighted by Crippen LogP contribution is -2.39. The van der Waals surface area contributed by atoms with Crippen molar-refractivity contribution in [3.05, 3.63) is 83.2 Å². The number of aryl methyl sites for hydroxylation is 1. The number of carbonyl (C=O) groups is 2. The average Bonchev–Trinajstić information content (AvgIpc) is 3.08. The van der Waals surface area contributed by atoms with E-state index in [1.54, 1.807) is 48.9 Å². The Balaban J connectivity index is 1.71. The highest BCUT2D eigenvalue weighted by Crippen LogP contribution is 2.19. The molecule has 0 bridgehead atoms. The quantitative estimate of drug-likeness (QED) is 0.655. The molecule has 0 aliphatic carbocycles. The zero-order valence-electron chi connectivity index (χ0n) is 16.1. The molecule has 0 saturated carbocycles. The van der Waals surface area contributed by atoms with Crippen LogP contribution in [0.1, 0.15) is 34.2 Å². The number of aromatic nitrogens is 2. The van der Waals surface area contributed by atoms with E-state index in [4.69, 9.17) is 4.74 Å². The van der Waals surface area contributed by atoms with Crippen molar-refractivity contribution in [3.8, 4) is 11.8 Å². The monoisotopic (exact) mass is 388 g/mol. The minimum Gasteiger partial charge on any atom is -0.458 e. The summed E-state index contributed by atoms with van der Waals surface area (Å²) in [5.74, 6) is -0.963. The van der Waals surface area contributed by atoms with Crippen LogP contribution in [-0.4, -0.2) is 27.7 Å². The van der Waals surface area contributed by atoms with Gasteiger partial charge in [-0.25, -0.2) is 9.48 Å². The number of carbonyl (C=O) groups excluding carboxylic acids is 2. The normalized spacial score (nSPS) is 11.3. The smallest absolute Gasteiger partial charge is 0.328 e. The molecule has 0 unspecified atom stereocenters. The lowest BCUT2D eigenvalue weighted by molar-refractivity contribution is -0.146. The molecule has 2 aromatic carbocycles. The van der Waals surface area contributed by atoms with Crippen molar-refractivity contribution >= 4 is 11.9 Å². The van der Waals surface area contributed by atoms with Gasteiger partial charge in [-0.2, -0.15) is 10.4 Å². The van der Waals surface area contributed by atoms with Gasteiger partial charge in [0, 0.05) is 5.56 Å². The van der Waals surface area contributed by atoms with Gasteiger partial charge in [-0.15, -0.1) is 0 Å². The summed E-state index contributed by atoms with van der Waals surface area (Å²) in [6, 6.07) is 19.2. The lowest BCUT2D eigenvalue weighted by Gasteiger charge is -2.14. The van der Waals surface area contributed by atoms with Gasteiger partial charge in [0.2, 0.25) is 0 Å². The molecule has 146 valence electrons. The molecule has 0 radical (unpaired) electrons. The minimum atomic E-state index is -0.845. The van der Waals surface area contributed by atoms with Gasteiger partial charge in [-0.1, -0.05) is 36.4 Å². The molecule has 0 aliphatic rings. The second kappa shape index (κ2) is 8.85. The first-order valence-corrected chi connectivity index (χ1v) is 9.08. The fourth-order valence-corrected chi connectivity index (χ4v) is 2.83. The third-order valence-corrected chi connectivity index (χ3v) is 4.36. The van der Waals surface area contributed by atoms with Crippen molar-refractivity contribution in [2.24, 2.45) is 0 Å². The van der Waals surface area contributed by atoms with Gasteiger partial charge in [0.15, 0.2) is 0 Å². The SMILES string of the molecule is Cc1nn(-c2ccccc2)c(COC(=O)[C@H](C)NC(=O)c2ccccc2)c1C#N. The third-order valence-electron chi connectivity index (χ3n) is 4.36. The Labute approximate surface area is 168 Å². The van der Waals surface area contributed by atoms with Gasteiger partial charge in [0.25, 0.3) is 5.91 Å². The summed E-state index contributed by atoms with van der Waals surface area (Å²) in [6.45, 7) is 3.14. The van der Waals surface area contributed by atoms with Crippen LogP contribution in [0.5, 0.6) is 0 Å². The van der Waals surface area contributed by atoms with Crippen LogP contribution < -0.4 is 5.32 Å². The summed E-state index contributed by atoms with van der Waals surface area (Å²) < 4.78 is 6.97. The van der Waals surface area contributed by atoms with Crippen LogP contribution in [0.4, 0.5) is 0 Å². The van der Waals surface area contributed by atoms with Crippen molar-refractivity contribution in [2.45, 2.75) is 26.5 Å². The number of hydrogen-bond donors (Lipinski definition) is 1. The number of benzene rings is 2. The lowest BCUT2D eigenvalue weighted by atomic mass is 10.2. The summed E-state index contributed by atoms with van der Waals surface area (Å²) in [5, 5.41) is 16.5. The Kier molecular flexibility index (Phi) is 6.05. The predicted octanol–water partition coefficient (Wildman–Crippen LogP) is 2.91. The fraction of sp³-hybridized carbons (Fsp3) is 0.182. The first-order chi connectivity index (χ1) is 14.0. The highest BCUT2D eigenvalue weighted by atomic mass is 16.5. The molecule has 3 rings (SSSR count). The van der Waals surface area contributed by atoms with Gasteiger partial charge in [-0.3, -0.25) is 4.79 Å². The van der Waals surface area contributed by atoms with E-state index >= 15 is 0 Å². The second-order valence-electron chi connectivity index (χ2n) is 6.44. The number of nitrogens with zero attached hydrogens (tertiary/aromatic N) is 3. The van der Waals surface area contributed by atoms with Crippen molar-refractivity contribution in [1.29, 1.82) is 5.26 Å².